The van der Waals surface area contributed by atoms with Crippen LogP contribution in [0.15, 0.2) is 89.3 Å². The number of esters is 2. The van der Waals surface area contributed by atoms with Gasteiger partial charge in [0.2, 0.25) is 0 Å². The van der Waals surface area contributed by atoms with Gasteiger partial charge < -0.3 is 23.4 Å². The third-order valence-corrected chi connectivity index (χ3v) is 5.51. The maximum atomic E-state index is 12.9. The zero-order valence-electron chi connectivity index (χ0n) is 18.9. The number of hydrogen-bond donors (Lipinski definition) is 0. The molecule has 1 aromatic heterocycles. The molecule has 0 saturated heterocycles. The molecule has 1 heterocycles. The average Bonchev–Trinajstić information content (AvgIpc) is 3.29. The van der Waals surface area contributed by atoms with Crippen molar-refractivity contribution in [2.75, 3.05) is 14.2 Å². The molecule has 0 bridgehead atoms. The molecule has 5 rings (SSSR count). The van der Waals surface area contributed by atoms with Crippen molar-refractivity contribution in [3.63, 3.8) is 0 Å². The third kappa shape index (κ3) is 4.04. The highest BCUT2D eigenvalue weighted by Crippen LogP contribution is 2.39. The summed E-state index contributed by atoms with van der Waals surface area (Å²) < 4.78 is 28.0. The molecule has 0 aliphatic rings. The van der Waals surface area contributed by atoms with Crippen molar-refractivity contribution >= 4 is 33.9 Å². The second-order valence-corrected chi connectivity index (χ2v) is 7.55. The first-order valence-electron chi connectivity index (χ1n) is 10.8. The lowest BCUT2D eigenvalue weighted by molar-refractivity contribution is 0.0724. The summed E-state index contributed by atoms with van der Waals surface area (Å²) in [6, 6.07) is 24.1. The van der Waals surface area contributed by atoms with Crippen molar-refractivity contribution in [3.05, 3.63) is 96.1 Å². The number of fused-ring (bicyclic) bond motifs is 3. The maximum absolute atomic E-state index is 12.9. The fourth-order valence-corrected chi connectivity index (χ4v) is 3.87. The number of carbonyl (C=O) groups excluding carboxylic acids is 2. The highest BCUT2D eigenvalue weighted by atomic mass is 16.6. The van der Waals surface area contributed by atoms with Gasteiger partial charge in [0.05, 0.1) is 14.2 Å². The molecular weight excluding hydrogens is 448 g/mol. The number of para-hydroxylation sites is 4. The van der Waals surface area contributed by atoms with E-state index in [9.17, 15) is 9.59 Å². The molecule has 4 aromatic carbocycles. The first-order chi connectivity index (χ1) is 17.1. The van der Waals surface area contributed by atoms with Gasteiger partial charge in [0.1, 0.15) is 22.6 Å². The van der Waals surface area contributed by atoms with Crippen molar-refractivity contribution in [3.8, 4) is 23.0 Å². The van der Waals surface area contributed by atoms with Gasteiger partial charge >= 0.3 is 11.9 Å². The Hall–Kier alpha value is -4.78. The van der Waals surface area contributed by atoms with E-state index in [2.05, 4.69) is 0 Å². The van der Waals surface area contributed by atoms with E-state index in [4.69, 9.17) is 23.4 Å². The molecule has 174 valence electrons. The van der Waals surface area contributed by atoms with Crippen LogP contribution < -0.4 is 18.9 Å². The Kier molecular flexibility index (Phi) is 5.81. The first kappa shape index (κ1) is 22.0. The number of methoxy groups -OCH3 is 2. The SMILES string of the molecule is COc1ccccc1C(=O)Oc1cccc2c1oc1c(OC(=O)c3ccccc3OC)cccc12. The van der Waals surface area contributed by atoms with Gasteiger partial charge in [-0.25, -0.2) is 9.59 Å². The molecular formula is C28H20O7. The van der Waals surface area contributed by atoms with Gasteiger partial charge in [-0.1, -0.05) is 48.5 Å². The summed E-state index contributed by atoms with van der Waals surface area (Å²) in [5.41, 5.74) is 1.28. The quantitative estimate of drug-likeness (QED) is 0.222. The second kappa shape index (κ2) is 9.23. The minimum atomic E-state index is -0.585. The highest BCUT2D eigenvalue weighted by molar-refractivity contribution is 6.10. The van der Waals surface area contributed by atoms with Gasteiger partial charge in [-0.2, -0.15) is 0 Å². The van der Waals surface area contributed by atoms with Crippen LogP contribution in [0.2, 0.25) is 0 Å². The van der Waals surface area contributed by atoms with Crippen LogP contribution in [0.4, 0.5) is 0 Å². The minimum Gasteiger partial charge on any atom is -0.496 e. The topological polar surface area (TPSA) is 84.2 Å². The lowest BCUT2D eigenvalue weighted by atomic mass is 10.1. The Morgan fingerprint density at radius 2 is 0.943 bits per heavy atom. The minimum absolute atomic E-state index is 0.233. The van der Waals surface area contributed by atoms with Crippen molar-refractivity contribution in [1.29, 1.82) is 0 Å². The third-order valence-electron chi connectivity index (χ3n) is 5.51. The fraction of sp³-hybridized carbons (Fsp3) is 0.0714. The smallest absolute Gasteiger partial charge is 0.347 e. The van der Waals surface area contributed by atoms with Crippen LogP contribution in [0.3, 0.4) is 0 Å². The summed E-state index contributed by atoms with van der Waals surface area (Å²) in [5, 5.41) is 1.42. The van der Waals surface area contributed by atoms with Gasteiger partial charge in [-0.15, -0.1) is 0 Å². The van der Waals surface area contributed by atoms with E-state index in [1.807, 2.05) is 12.1 Å². The normalized spacial score (nSPS) is 10.8. The molecule has 7 heteroatoms. The van der Waals surface area contributed by atoms with Crippen LogP contribution in [0.5, 0.6) is 23.0 Å². The largest absolute Gasteiger partial charge is 0.496 e. The predicted molar refractivity (Wildman–Crippen MR) is 130 cm³/mol. The number of furan rings is 1. The number of ether oxygens (including phenoxy) is 4. The van der Waals surface area contributed by atoms with Gasteiger partial charge in [-0.3, -0.25) is 0 Å². The molecule has 0 unspecified atom stereocenters. The van der Waals surface area contributed by atoms with Crippen LogP contribution >= 0.6 is 0 Å². The Morgan fingerprint density at radius 3 is 1.37 bits per heavy atom. The van der Waals surface area contributed by atoms with Crippen LogP contribution in [0.1, 0.15) is 20.7 Å². The second-order valence-electron chi connectivity index (χ2n) is 7.55. The van der Waals surface area contributed by atoms with Crippen molar-refractivity contribution in [2.24, 2.45) is 0 Å². The monoisotopic (exact) mass is 468 g/mol. The average molecular weight is 468 g/mol. The molecule has 0 spiro atoms. The summed E-state index contributed by atoms with van der Waals surface area (Å²) in [4.78, 5) is 25.7. The Balaban J connectivity index is 1.53. The zero-order chi connectivity index (χ0) is 24.4. The van der Waals surface area contributed by atoms with E-state index in [1.54, 1.807) is 72.8 Å². The summed E-state index contributed by atoms with van der Waals surface area (Å²) in [6.45, 7) is 0. The van der Waals surface area contributed by atoms with E-state index in [1.165, 1.54) is 14.2 Å². The summed E-state index contributed by atoms with van der Waals surface area (Å²) >= 11 is 0. The molecule has 0 fully saturated rings. The Labute approximate surface area is 200 Å². The number of rotatable bonds is 6. The molecule has 7 nitrogen and oxygen atoms in total. The Bertz CT molecular complexity index is 1450. The van der Waals surface area contributed by atoms with Gasteiger partial charge in [0.15, 0.2) is 22.7 Å². The van der Waals surface area contributed by atoms with Crippen LogP contribution in [-0.2, 0) is 0 Å². The molecule has 35 heavy (non-hydrogen) atoms. The first-order valence-corrected chi connectivity index (χ1v) is 10.8. The number of carbonyl (C=O) groups is 2. The summed E-state index contributed by atoms with van der Waals surface area (Å²) in [5.74, 6) is 0.101. The fourth-order valence-electron chi connectivity index (χ4n) is 3.87. The van der Waals surface area contributed by atoms with E-state index in [-0.39, 0.29) is 22.6 Å². The van der Waals surface area contributed by atoms with Crippen molar-refractivity contribution in [2.45, 2.75) is 0 Å². The van der Waals surface area contributed by atoms with Crippen LogP contribution in [0.25, 0.3) is 21.9 Å². The van der Waals surface area contributed by atoms with Gasteiger partial charge in [0, 0.05) is 10.8 Å². The molecule has 0 atom stereocenters. The van der Waals surface area contributed by atoms with Crippen LogP contribution in [-0.4, -0.2) is 26.2 Å². The van der Waals surface area contributed by atoms with Crippen molar-refractivity contribution < 1.29 is 33.0 Å². The molecule has 0 aliphatic heterocycles. The molecule has 0 aliphatic carbocycles. The predicted octanol–water partition coefficient (Wildman–Crippen LogP) is 6.04. The zero-order valence-corrected chi connectivity index (χ0v) is 18.9. The maximum Gasteiger partial charge on any atom is 0.347 e. The lowest BCUT2D eigenvalue weighted by Gasteiger charge is -2.08. The van der Waals surface area contributed by atoms with Crippen LogP contribution in [0, 0.1) is 0 Å². The highest BCUT2D eigenvalue weighted by Gasteiger charge is 2.21. The molecule has 5 aromatic rings. The summed E-state index contributed by atoms with van der Waals surface area (Å²) in [6.07, 6.45) is 0. The lowest BCUT2D eigenvalue weighted by Crippen LogP contribution is -2.10. The van der Waals surface area contributed by atoms with E-state index < -0.39 is 11.9 Å². The van der Waals surface area contributed by atoms with Gasteiger partial charge in [-0.05, 0) is 36.4 Å². The molecule has 0 amide bonds. The number of hydrogen-bond acceptors (Lipinski definition) is 7. The van der Waals surface area contributed by atoms with E-state index >= 15 is 0 Å². The molecule has 0 radical (unpaired) electrons. The van der Waals surface area contributed by atoms with E-state index in [0.717, 1.165) is 0 Å². The van der Waals surface area contributed by atoms with Gasteiger partial charge in [0.25, 0.3) is 0 Å². The summed E-state index contributed by atoms with van der Waals surface area (Å²) in [7, 11) is 2.97. The molecule has 0 saturated carbocycles. The standard InChI is InChI=1S/C28H20O7/c1-31-21-13-5-3-9-19(21)27(29)33-23-15-7-11-17-18-12-8-16-24(26(18)35-25(17)23)34-28(30)20-10-4-6-14-22(20)32-2/h3-16H,1-2H3. The van der Waals surface area contributed by atoms with E-state index in [0.29, 0.717) is 33.4 Å². The molecule has 0 N–H and O–H groups in total. The Morgan fingerprint density at radius 1 is 0.543 bits per heavy atom. The number of benzene rings is 4. The van der Waals surface area contributed by atoms with Crippen molar-refractivity contribution in [1.82, 2.24) is 0 Å².